The molecule has 0 saturated carbocycles. The van der Waals surface area contributed by atoms with Gasteiger partial charge in [0.1, 0.15) is 0 Å². The minimum absolute atomic E-state index is 0.0316. The lowest BCUT2D eigenvalue weighted by Crippen LogP contribution is -2.49. The van der Waals surface area contributed by atoms with E-state index in [1.165, 1.54) is 17.7 Å². The van der Waals surface area contributed by atoms with Crippen LogP contribution < -0.4 is 0 Å². The molecule has 1 fully saturated rings. The summed E-state index contributed by atoms with van der Waals surface area (Å²) in [6, 6.07) is 3.07. The molecule has 1 aliphatic heterocycles. The molecule has 0 radical (unpaired) electrons. The lowest BCUT2D eigenvalue weighted by molar-refractivity contribution is -0.136. The first-order valence-electron chi connectivity index (χ1n) is 7.15. The van der Waals surface area contributed by atoms with Gasteiger partial charge < -0.3 is 4.90 Å². The molecule has 3 nitrogen and oxygen atoms in total. The van der Waals surface area contributed by atoms with E-state index in [2.05, 4.69) is 46.1 Å². The van der Waals surface area contributed by atoms with Crippen molar-refractivity contribution >= 4 is 33.2 Å². The zero-order chi connectivity index (χ0) is 14.9. The second kappa shape index (κ2) is 6.58. The largest absolute Gasteiger partial charge is 0.339 e. The summed E-state index contributed by atoms with van der Waals surface area (Å²) >= 11 is 5.14. The molecular formula is C15H23BrN2OS. The summed E-state index contributed by atoms with van der Waals surface area (Å²) in [7, 11) is 1.90. The normalized spacial score (nSPS) is 24.9. The van der Waals surface area contributed by atoms with Crippen LogP contribution in [0.2, 0.25) is 0 Å². The van der Waals surface area contributed by atoms with E-state index in [0.29, 0.717) is 18.6 Å². The fraction of sp³-hybridized carbons (Fsp3) is 0.667. The first-order valence-corrected chi connectivity index (χ1v) is 8.82. The monoisotopic (exact) mass is 358 g/mol. The van der Waals surface area contributed by atoms with Crippen molar-refractivity contribution in [2.75, 3.05) is 7.05 Å². The molecule has 2 heterocycles. The van der Waals surface area contributed by atoms with E-state index in [0.717, 1.165) is 4.47 Å². The van der Waals surface area contributed by atoms with Crippen molar-refractivity contribution in [2.24, 2.45) is 0 Å². The molecule has 0 aliphatic carbocycles. The van der Waals surface area contributed by atoms with E-state index < -0.39 is 0 Å². The Hall–Kier alpha value is -0.390. The number of likely N-dealkylation sites (N-methyl/N-ethyl adjacent to an activating group) is 1. The quantitative estimate of drug-likeness (QED) is 0.818. The number of rotatable bonds is 4. The van der Waals surface area contributed by atoms with Crippen LogP contribution in [0.3, 0.4) is 0 Å². The Balaban J connectivity index is 1.99. The van der Waals surface area contributed by atoms with Gasteiger partial charge in [0.2, 0.25) is 5.91 Å². The summed E-state index contributed by atoms with van der Waals surface area (Å²) in [5, 5.41) is 2.06. The summed E-state index contributed by atoms with van der Waals surface area (Å²) in [4.78, 5) is 18.0. The number of hydrogen-bond donors (Lipinski definition) is 0. The Kier molecular flexibility index (Phi) is 5.26. The Bertz CT molecular complexity index is 466. The molecule has 0 spiro atoms. The van der Waals surface area contributed by atoms with Crippen LogP contribution in [0.5, 0.6) is 0 Å². The number of amides is 1. The van der Waals surface area contributed by atoms with E-state index in [1.54, 1.807) is 11.3 Å². The zero-order valence-electron chi connectivity index (χ0n) is 12.6. The van der Waals surface area contributed by atoms with E-state index in [1.807, 2.05) is 18.9 Å². The van der Waals surface area contributed by atoms with Gasteiger partial charge in [0, 0.05) is 33.9 Å². The fourth-order valence-electron chi connectivity index (χ4n) is 3.17. The molecule has 5 heteroatoms. The minimum atomic E-state index is -0.0316. The lowest BCUT2D eigenvalue weighted by Gasteiger charge is -2.33. The van der Waals surface area contributed by atoms with Gasteiger partial charge in [0.25, 0.3) is 0 Å². The van der Waals surface area contributed by atoms with Crippen molar-refractivity contribution < 1.29 is 4.79 Å². The number of thiophene rings is 1. The van der Waals surface area contributed by atoms with Gasteiger partial charge in [-0.05, 0) is 55.6 Å². The lowest BCUT2D eigenvalue weighted by atomic mass is 10.2. The van der Waals surface area contributed by atoms with Crippen LogP contribution >= 0.6 is 27.3 Å². The fourth-order valence-corrected chi connectivity index (χ4v) is 4.68. The van der Waals surface area contributed by atoms with Gasteiger partial charge in [-0.1, -0.05) is 0 Å². The van der Waals surface area contributed by atoms with Gasteiger partial charge in [-0.15, -0.1) is 11.3 Å². The van der Waals surface area contributed by atoms with E-state index in [4.69, 9.17) is 0 Å². The maximum atomic E-state index is 12.6. The number of halogens is 1. The molecule has 0 N–H and O–H groups in total. The van der Waals surface area contributed by atoms with Gasteiger partial charge in [-0.25, -0.2) is 0 Å². The average Bonchev–Trinajstić information content (AvgIpc) is 2.94. The molecule has 1 aromatic heterocycles. The molecule has 1 aliphatic rings. The van der Waals surface area contributed by atoms with Crippen LogP contribution in [0.25, 0.3) is 0 Å². The highest BCUT2D eigenvalue weighted by Crippen LogP contribution is 2.27. The molecule has 1 saturated heterocycles. The van der Waals surface area contributed by atoms with Crippen LogP contribution in [0, 0.1) is 0 Å². The van der Waals surface area contributed by atoms with Gasteiger partial charge in [0.15, 0.2) is 0 Å². The summed E-state index contributed by atoms with van der Waals surface area (Å²) in [6.45, 7) is 7.19. The van der Waals surface area contributed by atoms with E-state index in [9.17, 15) is 4.79 Å². The maximum absolute atomic E-state index is 12.6. The molecule has 1 amide bonds. The highest BCUT2D eigenvalue weighted by Gasteiger charge is 2.35. The standard InChI is InChI=1S/C15H23BrN2OS/c1-10-5-6-11(2)18(10)12(3)15(19)17(4)8-14-7-13(16)9-20-14/h7,9-12H,5-6,8H2,1-4H3. The molecular weight excluding hydrogens is 336 g/mol. The molecule has 2 rings (SSSR count). The van der Waals surface area contributed by atoms with Gasteiger partial charge >= 0.3 is 0 Å². The van der Waals surface area contributed by atoms with Crippen molar-refractivity contribution in [3.05, 3.63) is 20.8 Å². The Morgan fingerprint density at radius 2 is 2.10 bits per heavy atom. The third-order valence-electron chi connectivity index (χ3n) is 4.22. The maximum Gasteiger partial charge on any atom is 0.239 e. The predicted octanol–water partition coefficient (Wildman–Crippen LogP) is 3.73. The highest BCUT2D eigenvalue weighted by atomic mass is 79.9. The van der Waals surface area contributed by atoms with Crippen LogP contribution in [0.4, 0.5) is 0 Å². The number of carbonyl (C=O) groups is 1. The molecule has 112 valence electrons. The topological polar surface area (TPSA) is 23.6 Å². The Labute approximate surface area is 134 Å². The van der Waals surface area contributed by atoms with Crippen molar-refractivity contribution in [2.45, 2.75) is 58.3 Å². The van der Waals surface area contributed by atoms with E-state index >= 15 is 0 Å². The molecule has 1 aromatic rings. The number of carbonyl (C=O) groups excluding carboxylic acids is 1. The number of hydrogen-bond acceptors (Lipinski definition) is 3. The molecule has 3 atom stereocenters. The predicted molar refractivity (Wildman–Crippen MR) is 88.0 cm³/mol. The van der Waals surface area contributed by atoms with Crippen molar-refractivity contribution in [1.82, 2.24) is 9.80 Å². The zero-order valence-corrected chi connectivity index (χ0v) is 15.0. The van der Waals surface area contributed by atoms with Gasteiger partial charge in [-0.3, -0.25) is 9.69 Å². The SMILES string of the molecule is CC1CCC(C)N1C(C)C(=O)N(C)Cc1cc(Br)cs1. The first kappa shape index (κ1) is 16.0. The summed E-state index contributed by atoms with van der Waals surface area (Å²) in [6.07, 6.45) is 2.39. The number of nitrogens with zero attached hydrogens (tertiary/aromatic N) is 2. The van der Waals surface area contributed by atoms with Gasteiger partial charge in [0.05, 0.1) is 12.6 Å². The summed E-state index contributed by atoms with van der Waals surface area (Å²) in [5.74, 6) is 0.218. The minimum Gasteiger partial charge on any atom is -0.339 e. The van der Waals surface area contributed by atoms with Gasteiger partial charge in [-0.2, -0.15) is 0 Å². The van der Waals surface area contributed by atoms with Crippen LogP contribution in [-0.4, -0.2) is 40.9 Å². The molecule has 0 aromatic carbocycles. The summed E-state index contributed by atoms with van der Waals surface area (Å²) < 4.78 is 1.09. The van der Waals surface area contributed by atoms with Crippen molar-refractivity contribution in [3.8, 4) is 0 Å². The summed E-state index contributed by atoms with van der Waals surface area (Å²) in [5.41, 5.74) is 0. The third kappa shape index (κ3) is 3.43. The Morgan fingerprint density at radius 1 is 1.50 bits per heavy atom. The van der Waals surface area contributed by atoms with E-state index in [-0.39, 0.29) is 11.9 Å². The Morgan fingerprint density at radius 3 is 2.60 bits per heavy atom. The van der Waals surface area contributed by atoms with Crippen molar-refractivity contribution in [3.63, 3.8) is 0 Å². The van der Waals surface area contributed by atoms with Crippen LogP contribution in [0.15, 0.2) is 15.9 Å². The smallest absolute Gasteiger partial charge is 0.239 e. The highest BCUT2D eigenvalue weighted by molar-refractivity contribution is 9.10. The second-order valence-electron chi connectivity index (χ2n) is 5.82. The second-order valence-corrected chi connectivity index (χ2v) is 7.74. The molecule has 20 heavy (non-hydrogen) atoms. The average molecular weight is 359 g/mol. The van der Waals surface area contributed by atoms with Crippen LogP contribution in [-0.2, 0) is 11.3 Å². The molecule has 0 bridgehead atoms. The van der Waals surface area contributed by atoms with Crippen LogP contribution in [0.1, 0.15) is 38.5 Å². The van der Waals surface area contributed by atoms with Crippen molar-refractivity contribution in [1.29, 1.82) is 0 Å². The number of likely N-dealkylation sites (tertiary alicyclic amines) is 1. The first-order chi connectivity index (χ1) is 9.40. The third-order valence-corrected chi connectivity index (χ3v) is 5.90. The molecule has 3 unspecified atom stereocenters.